The molecule has 98 valence electrons. The van der Waals surface area contributed by atoms with Gasteiger partial charge in [0.15, 0.2) is 0 Å². The standard InChI is InChI=1S/C14H26N2O/c1-16-11-5-4-8-13(16)9-10-14(17)15-12-6-2-3-7-12/h12-13H,2-11H2,1H3,(H,15,17). The first-order chi connectivity index (χ1) is 8.25. The van der Waals surface area contributed by atoms with Gasteiger partial charge in [-0.15, -0.1) is 0 Å². The molecule has 2 rings (SSSR count). The van der Waals surface area contributed by atoms with Gasteiger partial charge in [-0.05, 0) is 45.7 Å². The lowest BCUT2D eigenvalue weighted by Gasteiger charge is -2.32. The van der Waals surface area contributed by atoms with E-state index in [1.165, 1.54) is 51.5 Å². The lowest BCUT2D eigenvalue weighted by molar-refractivity contribution is -0.122. The van der Waals surface area contributed by atoms with Crippen molar-refractivity contribution in [1.82, 2.24) is 10.2 Å². The zero-order valence-electron chi connectivity index (χ0n) is 11.1. The van der Waals surface area contributed by atoms with Gasteiger partial charge in [0.25, 0.3) is 0 Å². The van der Waals surface area contributed by atoms with E-state index < -0.39 is 0 Å². The largest absolute Gasteiger partial charge is 0.353 e. The lowest BCUT2D eigenvalue weighted by atomic mass is 9.98. The summed E-state index contributed by atoms with van der Waals surface area (Å²) in [5.41, 5.74) is 0. The summed E-state index contributed by atoms with van der Waals surface area (Å²) >= 11 is 0. The van der Waals surface area contributed by atoms with E-state index in [1.807, 2.05) is 0 Å². The number of hydrogen-bond acceptors (Lipinski definition) is 2. The van der Waals surface area contributed by atoms with Crippen molar-refractivity contribution in [3.63, 3.8) is 0 Å². The smallest absolute Gasteiger partial charge is 0.220 e. The molecule has 0 radical (unpaired) electrons. The van der Waals surface area contributed by atoms with Gasteiger partial charge in [0.2, 0.25) is 5.91 Å². The molecule has 1 aliphatic carbocycles. The molecule has 2 aliphatic rings. The Labute approximate surface area is 105 Å². The molecule has 0 bridgehead atoms. The van der Waals surface area contributed by atoms with Crippen LogP contribution in [0.2, 0.25) is 0 Å². The summed E-state index contributed by atoms with van der Waals surface area (Å²) in [6.07, 6.45) is 10.6. The lowest BCUT2D eigenvalue weighted by Crippen LogP contribution is -2.38. The predicted molar refractivity (Wildman–Crippen MR) is 69.9 cm³/mol. The van der Waals surface area contributed by atoms with E-state index in [-0.39, 0.29) is 5.91 Å². The van der Waals surface area contributed by atoms with Crippen LogP contribution in [-0.4, -0.2) is 36.5 Å². The van der Waals surface area contributed by atoms with Gasteiger partial charge in [-0.3, -0.25) is 4.79 Å². The number of nitrogens with one attached hydrogen (secondary N) is 1. The average molecular weight is 238 g/mol. The summed E-state index contributed by atoms with van der Waals surface area (Å²) in [7, 11) is 2.19. The second kappa shape index (κ2) is 6.39. The van der Waals surface area contributed by atoms with Gasteiger partial charge in [0.05, 0.1) is 0 Å². The minimum atomic E-state index is 0.274. The summed E-state index contributed by atoms with van der Waals surface area (Å²) in [5, 5.41) is 3.18. The topological polar surface area (TPSA) is 32.3 Å². The summed E-state index contributed by atoms with van der Waals surface area (Å²) in [5.74, 6) is 0.274. The SMILES string of the molecule is CN1CCCCC1CCC(=O)NC1CCCC1. The summed E-state index contributed by atoms with van der Waals surface area (Å²) in [6.45, 7) is 1.20. The van der Waals surface area contributed by atoms with Crippen molar-refractivity contribution in [2.24, 2.45) is 0 Å². The van der Waals surface area contributed by atoms with Crippen molar-refractivity contribution < 1.29 is 4.79 Å². The fraction of sp³-hybridized carbons (Fsp3) is 0.929. The van der Waals surface area contributed by atoms with E-state index in [4.69, 9.17) is 0 Å². The number of piperidine rings is 1. The van der Waals surface area contributed by atoms with Gasteiger partial charge in [-0.2, -0.15) is 0 Å². The minimum absolute atomic E-state index is 0.274. The molecule has 3 heteroatoms. The van der Waals surface area contributed by atoms with Crippen LogP contribution in [0.3, 0.4) is 0 Å². The number of carbonyl (C=O) groups excluding carboxylic acids is 1. The molecule has 1 saturated carbocycles. The van der Waals surface area contributed by atoms with E-state index in [2.05, 4.69) is 17.3 Å². The Balaban J connectivity index is 1.64. The first-order valence-corrected chi connectivity index (χ1v) is 7.25. The number of likely N-dealkylation sites (tertiary alicyclic amines) is 1. The van der Waals surface area contributed by atoms with Crippen LogP contribution in [0.5, 0.6) is 0 Å². The zero-order chi connectivity index (χ0) is 12.1. The molecule has 0 aromatic rings. The van der Waals surface area contributed by atoms with Crippen molar-refractivity contribution in [3.05, 3.63) is 0 Å². The van der Waals surface area contributed by atoms with Crippen LogP contribution in [0.15, 0.2) is 0 Å². The van der Waals surface area contributed by atoms with E-state index in [1.54, 1.807) is 0 Å². The molecule has 1 aliphatic heterocycles. The Morgan fingerprint density at radius 1 is 1.18 bits per heavy atom. The molecule has 17 heavy (non-hydrogen) atoms. The van der Waals surface area contributed by atoms with E-state index in [0.29, 0.717) is 18.5 Å². The predicted octanol–water partition coefficient (Wildman–Crippen LogP) is 2.31. The number of hydrogen-bond donors (Lipinski definition) is 1. The quantitative estimate of drug-likeness (QED) is 0.815. The van der Waals surface area contributed by atoms with Crippen LogP contribution in [0, 0.1) is 0 Å². The molecule has 1 amide bonds. The fourth-order valence-electron chi connectivity index (χ4n) is 3.18. The van der Waals surface area contributed by atoms with Crippen LogP contribution < -0.4 is 5.32 Å². The van der Waals surface area contributed by atoms with Gasteiger partial charge in [0.1, 0.15) is 0 Å². The molecule has 1 unspecified atom stereocenters. The van der Waals surface area contributed by atoms with E-state index >= 15 is 0 Å². The summed E-state index contributed by atoms with van der Waals surface area (Å²) in [4.78, 5) is 14.2. The average Bonchev–Trinajstić information content (AvgIpc) is 2.81. The van der Waals surface area contributed by atoms with Crippen molar-refractivity contribution >= 4 is 5.91 Å². The molecule has 3 nitrogen and oxygen atoms in total. The Hall–Kier alpha value is -0.570. The first kappa shape index (κ1) is 12.9. The molecule has 0 aromatic heterocycles. The van der Waals surface area contributed by atoms with E-state index in [9.17, 15) is 4.79 Å². The third kappa shape index (κ3) is 3.98. The normalized spacial score (nSPS) is 27.2. The summed E-state index contributed by atoms with van der Waals surface area (Å²) < 4.78 is 0. The maximum absolute atomic E-state index is 11.8. The van der Waals surface area contributed by atoms with Crippen LogP contribution >= 0.6 is 0 Å². The highest BCUT2D eigenvalue weighted by atomic mass is 16.1. The molecule has 1 atom stereocenters. The second-order valence-corrected chi connectivity index (χ2v) is 5.72. The molecule has 1 heterocycles. The van der Waals surface area contributed by atoms with Gasteiger partial charge in [-0.1, -0.05) is 19.3 Å². The molecule has 1 saturated heterocycles. The third-order valence-corrected chi connectivity index (χ3v) is 4.35. The Morgan fingerprint density at radius 2 is 1.88 bits per heavy atom. The highest BCUT2D eigenvalue weighted by Gasteiger charge is 2.21. The molecule has 1 N–H and O–H groups in total. The monoisotopic (exact) mass is 238 g/mol. The van der Waals surface area contributed by atoms with Crippen molar-refractivity contribution in [1.29, 1.82) is 0 Å². The van der Waals surface area contributed by atoms with E-state index in [0.717, 1.165) is 6.42 Å². The fourth-order valence-corrected chi connectivity index (χ4v) is 3.18. The van der Waals surface area contributed by atoms with Crippen LogP contribution in [0.25, 0.3) is 0 Å². The van der Waals surface area contributed by atoms with Crippen LogP contribution in [0.1, 0.15) is 57.8 Å². The van der Waals surface area contributed by atoms with Gasteiger partial charge in [-0.25, -0.2) is 0 Å². The van der Waals surface area contributed by atoms with Crippen molar-refractivity contribution in [3.8, 4) is 0 Å². The third-order valence-electron chi connectivity index (χ3n) is 4.35. The number of amides is 1. The molecular weight excluding hydrogens is 212 g/mol. The van der Waals surface area contributed by atoms with Crippen molar-refractivity contribution in [2.45, 2.75) is 69.9 Å². The molecule has 0 aromatic carbocycles. The number of nitrogens with zero attached hydrogens (tertiary/aromatic N) is 1. The Bertz CT molecular complexity index is 249. The van der Waals surface area contributed by atoms with Gasteiger partial charge in [0, 0.05) is 18.5 Å². The maximum Gasteiger partial charge on any atom is 0.220 e. The molecule has 0 spiro atoms. The highest BCUT2D eigenvalue weighted by molar-refractivity contribution is 5.76. The van der Waals surface area contributed by atoms with Crippen LogP contribution in [0.4, 0.5) is 0 Å². The summed E-state index contributed by atoms with van der Waals surface area (Å²) in [6, 6.07) is 1.12. The molecule has 2 fully saturated rings. The number of carbonyl (C=O) groups is 1. The Morgan fingerprint density at radius 3 is 2.59 bits per heavy atom. The minimum Gasteiger partial charge on any atom is -0.353 e. The maximum atomic E-state index is 11.8. The Kier molecular flexibility index (Phi) is 4.84. The highest BCUT2D eigenvalue weighted by Crippen LogP contribution is 2.20. The molecular formula is C14H26N2O. The zero-order valence-corrected chi connectivity index (χ0v) is 11.1. The first-order valence-electron chi connectivity index (χ1n) is 7.25. The second-order valence-electron chi connectivity index (χ2n) is 5.72. The van der Waals surface area contributed by atoms with Gasteiger partial charge >= 0.3 is 0 Å². The number of rotatable bonds is 4. The van der Waals surface area contributed by atoms with Crippen LogP contribution in [-0.2, 0) is 4.79 Å². The van der Waals surface area contributed by atoms with Crippen molar-refractivity contribution in [2.75, 3.05) is 13.6 Å². The van der Waals surface area contributed by atoms with Gasteiger partial charge < -0.3 is 10.2 Å².